The van der Waals surface area contributed by atoms with Gasteiger partial charge in [-0.05, 0) is 0 Å². The topological polar surface area (TPSA) is 191 Å². The van der Waals surface area contributed by atoms with Gasteiger partial charge in [0, 0.05) is 0 Å². The number of rotatable bonds is 2. The van der Waals surface area contributed by atoms with Crippen molar-refractivity contribution in [2.75, 3.05) is 17.2 Å². The largest absolute Gasteiger partial charge is 0.740 e. The van der Waals surface area contributed by atoms with Gasteiger partial charge in [0.05, 0.1) is 9.85 Å². The van der Waals surface area contributed by atoms with Gasteiger partial charge in [0.25, 0.3) is 0 Å². The Balaban J connectivity index is 3.80. The van der Waals surface area contributed by atoms with Crippen LogP contribution < -0.4 is 21.9 Å². The van der Waals surface area contributed by atoms with Gasteiger partial charge in [-0.3, -0.25) is 20.2 Å². The van der Waals surface area contributed by atoms with Crippen molar-refractivity contribution >= 4 is 28.7 Å². The summed E-state index contributed by atoms with van der Waals surface area (Å²) in [4.78, 5) is 18.8. The van der Waals surface area contributed by atoms with Crippen LogP contribution in [-0.2, 0) is 0 Å². The molecule has 0 radical (unpaired) electrons. The molecule has 1 heterocycles. The van der Waals surface area contributed by atoms with Gasteiger partial charge in [-0.15, -0.1) is 0 Å². The predicted octanol–water partition coefficient (Wildman–Crippen LogP) is -1.12. The number of hydrogen-bond acceptors (Lipinski definition) is 8. The summed E-state index contributed by atoms with van der Waals surface area (Å²) in [5, 5.41) is 32.2. The Bertz CT molecular complexity index is 458. The van der Waals surface area contributed by atoms with Crippen LogP contribution in [-0.4, -0.2) is 9.85 Å². The first kappa shape index (κ1) is 11.2. The minimum Gasteiger partial charge on any atom is -0.740 e. The van der Waals surface area contributed by atoms with Gasteiger partial charge in [-0.2, -0.15) is 0 Å². The summed E-state index contributed by atoms with van der Waals surface area (Å²) >= 11 is 0. The molecule has 0 fully saturated rings. The number of anilines is 3. The van der Waals surface area contributed by atoms with E-state index in [9.17, 15) is 25.4 Å². The summed E-state index contributed by atoms with van der Waals surface area (Å²) in [6, 6.07) is 0. The van der Waals surface area contributed by atoms with Gasteiger partial charge in [-0.1, -0.05) is 0 Å². The van der Waals surface area contributed by atoms with E-state index in [4.69, 9.17) is 17.2 Å². The molecule has 0 amide bonds. The summed E-state index contributed by atoms with van der Waals surface area (Å²) in [6.07, 6.45) is 0. The summed E-state index contributed by atoms with van der Waals surface area (Å²) in [5.74, 6) is -1.80. The maximum absolute atomic E-state index is 11.2. The molecule has 0 aromatic carbocycles. The molecule has 16 heavy (non-hydrogen) atoms. The van der Waals surface area contributed by atoms with Gasteiger partial charge in [0.15, 0.2) is 0 Å². The second-order valence-corrected chi connectivity index (χ2v) is 2.69. The Kier molecular flexibility index (Phi) is 2.37. The normalized spacial score (nSPS) is 10.0. The maximum Gasteiger partial charge on any atom is 0.370 e. The SMILES string of the molecule is Nc1c([N+](=O)[O-])c(N)[n+]([O-])c(N)c1[N+](=O)[O-]. The van der Waals surface area contributed by atoms with Crippen LogP contribution in [0.4, 0.5) is 28.7 Å². The van der Waals surface area contributed by atoms with Crippen molar-refractivity contribution in [2.24, 2.45) is 0 Å². The first-order valence-corrected chi connectivity index (χ1v) is 3.67. The third-order valence-corrected chi connectivity index (χ3v) is 1.80. The third-order valence-electron chi connectivity index (χ3n) is 1.80. The van der Waals surface area contributed by atoms with Crippen LogP contribution in [0.15, 0.2) is 0 Å². The second-order valence-electron chi connectivity index (χ2n) is 2.69. The van der Waals surface area contributed by atoms with Crippen LogP contribution in [0.5, 0.6) is 0 Å². The Morgan fingerprint density at radius 2 is 1.25 bits per heavy atom. The second kappa shape index (κ2) is 3.38. The van der Waals surface area contributed by atoms with Gasteiger partial charge >= 0.3 is 23.0 Å². The van der Waals surface area contributed by atoms with Crippen LogP contribution in [0, 0.1) is 25.4 Å². The molecule has 11 heteroatoms. The molecular formula is C5H6N6O5. The highest BCUT2D eigenvalue weighted by atomic mass is 16.6. The van der Waals surface area contributed by atoms with Crippen molar-refractivity contribution in [1.29, 1.82) is 0 Å². The lowest BCUT2D eigenvalue weighted by Gasteiger charge is -2.11. The molecule has 1 rings (SSSR count). The van der Waals surface area contributed by atoms with Crippen molar-refractivity contribution in [2.45, 2.75) is 0 Å². The zero-order valence-electron chi connectivity index (χ0n) is 7.61. The molecule has 0 aliphatic heterocycles. The van der Waals surface area contributed by atoms with Crippen LogP contribution in [0.3, 0.4) is 0 Å². The highest BCUT2D eigenvalue weighted by Crippen LogP contribution is 2.36. The average molecular weight is 230 g/mol. The number of nitrogens with two attached hydrogens (primary N) is 3. The summed E-state index contributed by atoms with van der Waals surface area (Å²) in [7, 11) is 0. The zero-order chi connectivity index (χ0) is 12.6. The Morgan fingerprint density at radius 1 is 0.938 bits per heavy atom. The molecule has 11 nitrogen and oxygen atoms in total. The molecule has 0 aliphatic carbocycles. The number of nitro groups is 2. The van der Waals surface area contributed by atoms with E-state index in [2.05, 4.69) is 0 Å². The number of nitrogens with zero attached hydrogens (tertiary/aromatic N) is 3. The molecule has 0 spiro atoms. The quantitative estimate of drug-likeness (QED) is 0.246. The molecule has 0 aliphatic rings. The first-order valence-electron chi connectivity index (χ1n) is 3.67. The minimum atomic E-state index is -1.09. The molecule has 6 N–H and O–H groups in total. The standard InChI is InChI=1S/C5H6N6O5/c6-1-2(10(13)14)4(7)9(12)5(8)3(1)11(15)16/h6-8H2. The number of aromatic nitrogens is 1. The molecule has 1 aromatic rings. The fourth-order valence-corrected chi connectivity index (χ4v) is 1.09. The lowest BCUT2D eigenvalue weighted by Crippen LogP contribution is -2.36. The van der Waals surface area contributed by atoms with Crippen LogP contribution >= 0.6 is 0 Å². The molecule has 0 saturated heterocycles. The predicted molar refractivity (Wildman–Crippen MR) is 51.9 cm³/mol. The Hall–Kier alpha value is -2.85. The summed E-state index contributed by atoms with van der Waals surface area (Å²) < 4.78 is -0.313. The highest BCUT2D eigenvalue weighted by Gasteiger charge is 2.35. The van der Waals surface area contributed by atoms with Crippen LogP contribution in [0.1, 0.15) is 0 Å². The van der Waals surface area contributed by atoms with Gasteiger partial charge in [0.2, 0.25) is 5.69 Å². The van der Waals surface area contributed by atoms with Crippen molar-refractivity contribution in [3.8, 4) is 0 Å². The molecule has 86 valence electrons. The first-order chi connectivity index (χ1) is 7.29. The summed E-state index contributed by atoms with van der Waals surface area (Å²) in [5.41, 5.74) is 12.4. The smallest absolute Gasteiger partial charge is 0.370 e. The molecule has 1 aromatic heterocycles. The molecule has 0 bridgehead atoms. The zero-order valence-corrected chi connectivity index (χ0v) is 7.61. The van der Waals surface area contributed by atoms with Gasteiger partial charge < -0.3 is 22.4 Å². The van der Waals surface area contributed by atoms with Crippen LogP contribution in [0.25, 0.3) is 0 Å². The third kappa shape index (κ3) is 1.35. The van der Waals surface area contributed by atoms with E-state index in [1.165, 1.54) is 0 Å². The summed E-state index contributed by atoms with van der Waals surface area (Å²) in [6.45, 7) is 0. The fourth-order valence-electron chi connectivity index (χ4n) is 1.09. The van der Waals surface area contributed by atoms with E-state index >= 15 is 0 Å². The highest BCUT2D eigenvalue weighted by molar-refractivity contribution is 5.81. The average Bonchev–Trinajstić information content (AvgIpc) is 2.13. The van der Waals surface area contributed by atoms with E-state index < -0.39 is 38.5 Å². The lowest BCUT2D eigenvalue weighted by molar-refractivity contribution is -0.582. The number of hydrogen-bond donors (Lipinski definition) is 3. The molecular weight excluding hydrogens is 224 g/mol. The Morgan fingerprint density at radius 3 is 1.50 bits per heavy atom. The van der Waals surface area contributed by atoms with Crippen molar-refractivity contribution < 1.29 is 14.6 Å². The van der Waals surface area contributed by atoms with Gasteiger partial charge in [0.1, 0.15) is 0 Å². The molecule has 0 saturated carbocycles. The van der Waals surface area contributed by atoms with E-state index in [1.807, 2.05) is 0 Å². The van der Waals surface area contributed by atoms with Crippen molar-refractivity contribution in [3.63, 3.8) is 0 Å². The van der Waals surface area contributed by atoms with E-state index in [1.54, 1.807) is 0 Å². The molecule has 0 atom stereocenters. The van der Waals surface area contributed by atoms with Crippen molar-refractivity contribution in [1.82, 2.24) is 0 Å². The minimum absolute atomic E-state index is 0.313. The van der Waals surface area contributed by atoms with E-state index in [0.717, 1.165) is 0 Å². The fraction of sp³-hybridized carbons (Fsp3) is 0. The maximum atomic E-state index is 11.2. The van der Waals surface area contributed by atoms with Crippen LogP contribution in [0.2, 0.25) is 0 Å². The van der Waals surface area contributed by atoms with E-state index in [0.29, 0.717) is 0 Å². The van der Waals surface area contributed by atoms with Gasteiger partial charge in [-0.25, -0.2) is 4.73 Å². The lowest BCUT2D eigenvalue weighted by atomic mass is 10.2. The van der Waals surface area contributed by atoms with Crippen molar-refractivity contribution in [3.05, 3.63) is 25.4 Å². The Labute approximate surface area is 86.9 Å². The molecule has 0 unspecified atom stereocenters. The number of pyridine rings is 1. The van der Waals surface area contributed by atoms with E-state index in [-0.39, 0.29) is 4.73 Å². The monoisotopic (exact) mass is 230 g/mol. The number of nitrogen functional groups attached to an aromatic ring is 3.